The van der Waals surface area contributed by atoms with Crippen LogP contribution in [0.15, 0.2) is 97.6 Å². The van der Waals surface area contributed by atoms with Crippen LogP contribution in [0.2, 0.25) is 0 Å². The van der Waals surface area contributed by atoms with Gasteiger partial charge in [0.2, 0.25) is 0 Å². The Morgan fingerprint density at radius 2 is 1.51 bits per heavy atom. The summed E-state index contributed by atoms with van der Waals surface area (Å²) < 4.78 is 106. The number of benzene rings is 3. The molecule has 4 aromatic rings. The minimum atomic E-state index is -4.38. The Morgan fingerprint density at radius 3 is 2.11 bits per heavy atom. The largest absolute Gasteiger partial charge is 0.432 e. The van der Waals surface area contributed by atoms with E-state index in [0.717, 1.165) is 73.7 Å². The fourth-order valence-corrected chi connectivity index (χ4v) is 4.50. The molecule has 1 aromatic heterocycles. The number of ether oxygens (including phenoxy) is 1. The number of halogens is 7. The average Bonchev–Trinajstić information content (AvgIpc) is 3.00. The molecule has 0 bridgehead atoms. The molecule has 0 unspecified atom stereocenters. The zero-order valence-electron chi connectivity index (χ0n) is 24.3. The molecule has 0 aliphatic rings. The molecule has 0 N–H and O–H groups in total. The molecule has 234 valence electrons. The van der Waals surface area contributed by atoms with Crippen molar-refractivity contribution in [3.8, 4) is 17.1 Å². The van der Waals surface area contributed by atoms with Crippen LogP contribution < -0.4 is 4.74 Å². The molecule has 0 amide bonds. The Kier molecular flexibility index (Phi) is 10.9. The summed E-state index contributed by atoms with van der Waals surface area (Å²) >= 11 is 0. The van der Waals surface area contributed by atoms with Gasteiger partial charge < -0.3 is 4.74 Å². The molecule has 0 saturated carbocycles. The summed E-state index contributed by atoms with van der Waals surface area (Å²) in [5.41, 5.74) is -0.302. The van der Waals surface area contributed by atoms with E-state index in [1.54, 1.807) is 0 Å². The van der Waals surface area contributed by atoms with Gasteiger partial charge in [0.1, 0.15) is 28.8 Å². The van der Waals surface area contributed by atoms with E-state index in [-0.39, 0.29) is 28.9 Å². The van der Waals surface area contributed by atoms with Crippen LogP contribution >= 0.6 is 0 Å². The minimum absolute atomic E-state index is 0.00677. The van der Waals surface area contributed by atoms with Gasteiger partial charge in [-0.3, -0.25) is 0 Å². The quantitative estimate of drug-likeness (QED) is 0.0842. The van der Waals surface area contributed by atoms with E-state index in [0.29, 0.717) is 5.56 Å². The first-order valence-electron chi connectivity index (χ1n) is 14.1. The molecule has 4 rings (SSSR count). The molecule has 0 aliphatic carbocycles. The Labute approximate surface area is 256 Å². The fraction of sp³-hybridized carbons (Fsp3) is 0.200. The second-order valence-corrected chi connectivity index (χ2v) is 10.2. The Hall–Kier alpha value is -4.73. The highest BCUT2D eigenvalue weighted by Crippen LogP contribution is 2.37. The highest BCUT2D eigenvalue weighted by Gasteiger charge is 2.41. The molecule has 3 aromatic carbocycles. The maximum atomic E-state index is 15.0. The van der Waals surface area contributed by atoms with Crippen molar-refractivity contribution >= 4 is 5.57 Å². The third-order valence-corrected chi connectivity index (χ3v) is 6.82. The lowest BCUT2D eigenvalue weighted by atomic mass is 10.0. The average molecular weight is 627 g/mol. The van der Waals surface area contributed by atoms with Gasteiger partial charge in [0.05, 0.1) is 0 Å². The predicted octanol–water partition coefficient (Wildman–Crippen LogP) is 10.2. The Morgan fingerprint density at radius 1 is 0.844 bits per heavy atom. The van der Waals surface area contributed by atoms with Crippen molar-refractivity contribution in [2.45, 2.75) is 45.1 Å². The van der Waals surface area contributed by atoms with Gasteiger partial charge >= 0.3 is 6.11 Å². The van der Waals surface area contributed by atoms with Gasteiger partial charge in [-0.15, -0.1) is 0 Å². The highest BCUT2D eigenvalue weighted by molar-refractivity contribution is 5.78. The van der Waals surface area contributed by atoms with Crippen molar-refractivity contribution in [2.24, 2.45) is 0 Å². The van der Waals surface area contributed by atoms with Crippen molar-refractivity contribution in [3.05, 3.63) is 143 Å². The van der Waals surface area contributed by atoms with Crippen LogP contribution in [0.25, 0.3) is 17.0 Å². The van der Waals surface area contributed by atoms with Crippen LogP contribution in [0.1, 0.15) is 48.4 Å². The maximum absolute atomic E-state index is 15.0. The highest BCUT2D eigenvalue weighted by atomic mass is 19.3. The SMILES string of the molecule is C=C/C=C(\C(F)=C/Cc1ccc(OC(F)(F)c2c(F)cc(-c3ncc(CCCCC)cn3)cc2F)cc1)c1ccc(F)c(F)c1. The number of alkyl halides is 2. The van der Waals surface area contributed by atoms with Gasteiger partial charge in [0.25, 0.3) is 0 Å². The normalized spacial score (nSPS) is 12.4. The topological polar surface area (TPSA) is 35.0 Å². The summed E-state index contributed by atoms with van der Waals surface area (Å²) in [7, 11) is 0. The van der Waals surface area contributed by atoms with Gasteiger partial charge in [0, 0.05) is 23.5 Å². The molecule has 0 aliphatic heterocycles. The first-order chi connectivity index (χ1) is 21.5. The number of unbranched alkanes of at least 4 members (excludes halogenated alkanes) is 2. The van der Waals surface area contributed by atoms with Crippen LogP contribution in [0.3, 0.4) is 0 Å². The molecule has 0 radical (unpaired) electrons. The molecule has 0 spiro atoms. The van der Waals surface area contributed by atoms with Crippen LogP contribution in [0, 0.1) is 23.3 Å². The minimum Gasteiger partial charge on any atom is -0.429 e. The fourth-order valence-electron chi connectivity index (χ4n) is 4.50. The van der Waals surface area contributed by atoms with Crippen molar-refractivity contribution in [2.75, 3.05) is 0 Å². The van der Waals surface area contributed by atoms with E-state index in [2.05, 4.69) is 28.2 Å². The van der Waals surface area contributed by atoms with Crippen LogP contribution in [0.4, 0.5) is 30.7 Å². The number of aromatic nitrogens is 2. The summed E-state index contributed by atoms with van der Waals surface area (Å²) in [6, 6.07) is 9.40. The number of allylic oxidation sites excluding steroid dienone is 5. The Balaban J connectivity index is 1.45. The summed E-state index contributed by atoms with van der Waals surface area (Å²) in [6.45, 7) is 5.58. The molecular formula is C35H29F7N2O. The van der Waals surface area contributed by atoms with Gasteiger partial charge in [-0.05, 0) is 78.4 Å². The van der Waals surface area contributed by atoms with Crippen LogP contribution in [0.5, 0.6) is 5.75 Å². The number of rotatable bonds is 13. The lowest BCUT2D eigenvalue weighted by molar-refractivity contribution is -0.189. The zero-order chi connectivity index (χ0) is 32.6. The molecule has 0 fully saturated rings. The molecule has 45 heavy (non-hydrogen) atoms. The van der Waals surface area contributed by atoms with Gasteiger partial charge in [-0.1, -0.05) is 56.7 Å². The third-order valence-electron chi connectivity index (χ3n) is 6.82. The summed E-state index contributed by atoms with van der Waals surface area (Å²) in [6.07, 6.45) is 6.22. The van der Waals surface area contributed by atoms with Crippen LogP contribution in [-0.4, -0.2) is 9.97 Å². The van der Waals surface area contributed by atoms with E-state index in [1.807, 2.05) is 0 Å². The number of hydrogen-bond acceptors (Lipinski definition) is 3. The maximum Gasteiger partial charge on any atom is 0.432 e. The van der Waals surface area contributed by atoms with Crippen LogP contribution in [-0.2, 0) is 19.0 Å². The van der Waals surface area contributed by atoms with Crippen molar-refractivity contribution in [1.82, 2.24) is 9.97 Å². The van der Waals surface area contributed by atoms with Gasteiger partial charge in [-0.2, -0.15) is 8.78 Å². The molecule has 3 nitrogen and oxygen atoms in total. The van der Waals surface area contributed by atoms with E-state index < -0.39 is 46.5 Å². The number of nitrogens with zero attached hydrogens (tertiary/aromatic N) is 2. The number of hydrogen-bond donors (Lipinski definition) is 0. The molecule has 0 atom stereocenters. The lowest BCUT2D eigenvalue weighted by Gasteiger charge is -2.20. The van der Waals surface area contributed by atoms with Crippen molar-refractivity contribution in [1.29, 1.82) is 0 Å². The third kappa shape index (κ3) is 8.47. The monoisotopic (exact) mass is 626 g/mol. The lowest BCUT2D eigenvalue weighted by Crippen LogP contribution is -2.25. The summed E-state index contributed by atoms with van der Waals surface area (Å²) in [4.78, 5) is 8.23. The zero-order valence-corrected chi connectivity index (χ0v) is 24.3. The van der Waals surface area contributed by atoms with E-state index in [4.69, 9.17) is 0 Å². The summed E-state index contributed by atoms with van der Waals surface area (Å²) in [5.74, 6) is -6.46. The summed E-state index contributed by atoms with van der Waals surface area (Å²) in [5, 5.41) is 0. The molecule has 1 heterocycles. The standard InChI is InChI=1S/C35H29F7N2O/c1-3-5-6-8-23-20-43-34(44-21-23)25-18-31(39)33(32(40)19-25)35(41,42)45-26-13-9-22(10-14-26)11-15-28(36)27(7-4-2)24-12-16-29(37)30(38)17-24/h4,7,9-10,12-21H,2-3,5-6,8,11H2,1H3/b27-7-,28-15+. The van der Waals surface area contributed by atoms with E-state index >= 15 is 0 Å². The van der Waals surface area contributed by atoms with Gasteiger partial charge in [-0.25, -0.2) is 31.9 Å². The van der Waals surface area contributed by atoms with Crippen molar-refractivity contribution in [3.63, 3.8) is 0 Å². The van der Waals surface area contributed by atoms with Gasteiger partial charge in [0.15, 0.2) is 17.5 Å². The number of aryl methyl sites for hydroxylation is 1. The predicted molar refractivity (Wildman–Crippen MR) is 159 cm³/mol. The second kappa shape index (κ2) is 14.8. The van der Waals surface area contributed by atoms with E-state index in [9.17, 15) is 30.7 Å². The molecular weight excluding hydrogens is 597 g/mol. The second-order valence-electron chi connectivity index (χ2n) is 10.2. The van der Waals surface area contributed by atoms with E-state index in [1.165, 1.54) is 42.7 Å². The molecule has 10 heteroatoms. The first kappa shape index (κ1) is 33.2. The smallest absolute Gasteiger partial charge is 0.429 e. The Bertz CT molecular complexity index is 1680. The first-order valence-corrected chi connectivity index (χ1v) is 14.1. The van der Waals surface area contributed by atoms with Crippen molar-refractivity contribution < 1.29 is 35.5 Å². The molecule has 0 saturated heterocycles.